The first-order valence-electron chi connectivity index (χ1n) is 18.7. The first kappa shape index (κ1) is 100. The van der Waals surface area contributed by atoms with Crippen molar-refractivity contribution in [3.63, 3.8) is 0 Å². The van der Waals surface area contributed by atoms with Gasteiger partial charge in [0.25, 0.3) is 0 Å². The van der Waals surface area contributed by atoms with Gasteiger partial charge in [0.15, 0.2) is 0 Å². The zero-order chi connectivity index (χ0) is 65.4. The molecule has 0 spiro atoms. The van der Waals surface area contributed by atoms with Gasteiger partial charge in [-0.2, -0.15) is 105 Å². The van der Waals surface area contributed by atoms with E-state index in [1.54, 1.807) is 0 Å². The molecule has 0 aliphatic heterocycles. The van der Waals surface area contributed by atoms with E-state index in [9.17, 15) is 105 Å². The number of carboxylic acid groups (broad SMARTS) is 8. The number of carbonyl (C=O) groups excluding carboxylic acids is 8. The topological polar surface area (TPSA) is 321 Å². The largest absolute Gasteiger partial charge is 2.00 e. The fraction of sp³-hybridized carbons (Fsp3) is 0.350. The van der Waals surface area contributed by atoms with Crippen molar-refractivity contribution in [1.29, 1.82) is 0 Å². The van der Waals surface area contributed by atoms with Crippen molar-refractivity contribution < 1.29 is 262 Å². The van der Waals surface area contributed by atoms with Crippen LogP contribution in [0.1, 0.15) is 33.4 Å². The molecule has 4 radical (unpaired) electrons. The van der Waals surface area contributed by atoms with Crippen molar-refractivity contribution >= 4 is 47.8 Å². The summed E-state index contributed by atoms with van der Waals surface area (Å²) >= 11 is 0. The summed E-state index contributed by atoms with van der Waals surface area (Å²) in [6, 6.07) is 26.9. The number of aryl methyl sites for hydroxylation is 6. The van der Waals surface area contributed by atoms with Crippen LogP contribution in [0.3, 0.4) is 0 Å². The predicted octanol–water partition coefficient (Wildman–Crippen LogP) is 0.253. The number of hydrogen-bond acceptors (Lipinski definition) is 16. The molecule has 0 N–H and O–H groups in total. The average Bonchev–Trinajstić information content (AvgIpc) is 3.25. The van der Waals surface area contributed by atoms with Crippen LogP contribution in [0.25, 0.3) is 0 Å². The number of carbonyl (C=O) groups is 8. The fourth-order valence-corrected chi connectivity index (χ4v) is 2.96. The van der Waals surface area contributed by atoms with E-state index in [4.69, 9.17) is 79.2 Å². The molecule has 0 saturated carbocycles. The Hall–Kier alpha value is -5.77. The van der Waals surface area contributed by atoms with Crippen LogP contribution in [0.4, 0.5) is 105 Å². The summed E-state index contributed by atoms with van der Waals surface area (Å²) in [4.78, 5) is 70.3. The number of aliphatic carboxylic acids is 8. The Labute approximate surface area is 503 Å². The molecule has 3 aromatic carbocycles. The summed E-state index contributed by atoms with van der Waals surface area (Å²) in [5.41, 5.74) is 8.35. The molecule has 44 heteroatoms. The van der Waals surface area contributed by atoms with Gasteiger partial charge in [0, 0.05) is 0 Å². The molecule has 486 valence electrons. The van der Waals surface area contributed by atoms with E-state index in [1.807, 2.05) is 0 Å². The first-order chi connectivity index (χ1) is 35.2. The Morgan fingerprint density at radius 3 is 0.381 bits per heavy atom. The number of hydrogen-bond donors (Lipinski definition) is 0. The quantitative estimate of drug-likeness (QED) is 0.236. The SMILES string of the molecule is Cc1ccc(CCc2ccc(CCc3ccc(C)cc3)cc2)cc1.O=C([O-])C(F)(F)F.O=C([O-])C(F)(F)F.O=C([O-])C(F)(F)F.O=C([O-])C(F)(F)F.O=C([O-])C(F)(F)F.O=C([O-])C(F)(F)F.O=C([O-])C(F)(F)F.O=C([O-])C(F)(F)F.[Rh+2].[Rh+2].[Rh+2].[Rh+2]. The number of halogens is 24. The molecule has 84 heavy (non-hydrogen) atoms. The zero-order valence-electron chi connectivity index (χ0n) is 39.7. The third-order valence-electron chi connectivity index (χ3n) is 6.52. The summed E-state index contributed by atoms with van der Waals surface area (Å²) in [5, 5.41) is 70.3. The Kier molecular flexibility index (Phi) is 53.3. The molecule has 0 aliphatic carbocycles. The summed E-state index contributed by atoms with van der Waals surface area (Å²) < 4.78 is 252. The van der Waals surface area contributed by atoms with Crippen molar-refractivity contribution in [3.05, 3.63) is 106 Å². The van der Waals surface area contributed by atoms with Gasteiger partial charge < -0.3 is 79.2 Å². The van der Waals surface area contributed by atoms with E-state index in [2.05, 4.69) is 86.6 Å². The molecule has 3 rings (SSSR count). The van der Waals surface area contributed by atoms with Crippen LogP contribution >= 0.6 is 0 Å². The van der Waals surface area contributed by atoms with E-state index < -0.39 is 97.2 Å². The van der Waals surface area contributed by atoms with E-state index in [1.165, 1.54) is 33.4 Å². The maximum Gasteiger partial charge on any atom is 2.00 e. The van der Waals surface area contributed by atoms with Gasteiger partial charge in [0.05, 0.1) is 0 Å². The van der Waals surface area contributed by atoms with Gasteiger partial charge in [-0.15, -0.1) is 0 Å². The smallest absolute Gasteiger partial charge is 0.542 e. The molecule has 0 aliphatic rings. The Morgan fingerprint density at radius 1 is 0.238 bits per heavy atom. The van der Waals surface area contributed by atoms with Crippen molar-refractivity contribution in [2.45, 2.75) is 88.9 Å². The fourth-order valence-electron chi connectivity index (χ4n) is 2.96. The minimum atomic E-state index is -5.19. The van der Waals surface area contributed by atoms with Gasteiger partial charge in [-0.1, -0.05) is 83.9 Å². The summed E-state index contributed by atoms with van der Waals surface area (Å²) in [6.45, 7) is 4.28. The average molecular weight is 1630 g/mol. The number of alkyl halides is 24. The monoisotopic (exact) mass is 1630 g/mol. The molecule has 0 aromatic heterocycles. The minimum absolute atomic E-state index is 0. The van der Waals surface area contributed by atoms with Crippen LogP contribution in [-0.4, -0.2) is 97.2 Å². The van der Waals surface area contributed by atoms with E-state index in [0.717, 1.165) is 25.7 Å². The molecule has 0 atom stereocenters. The summed E-state index contributed by atoms with van der Waals surface area (Å²) in [5.74, 6) is -24.1. The number of carboxylic acids is 8. The molecule has 0 amide bonds. The first-order valence-corrected chi connectivity index (χ1v) is 18.7. The van der Waals surface area contributed by atoms with Gasteiger partial charge in [-0.25, -0.2) is 0 Å². The van der Waals surface area contributed by atoms with Crippen molar-refractivity contribution in [1.82, 2.24) is 0 Å². The summed E-state index contributed by atoms with van der Waals surface area (Å²) in [7, 11) is 0. The molecular formula is C40H26F24O16Rh4. The zero-order valence-corrected chi connectivity index (χ0v) is 46.2. The second kappa shape index (κ2) is 44.7. The number of benzene rings is 3. The third-order valence-corrected chi connectivity index (χ3v) is 6.52. The second-order valence-corrected chi connectivity index (χ2v) is 13.1. The molecule has 0 unspecified atom stereocenters. The maximum atomic E-state index is 10.5. The van der Waals surface area contributed by atoms with Crippen LogP contribution in [-0.2, 0) is 142 Å². The van der Waals surface area contributed by atoms with Gasteiger partial charge in [-0.3, -0.25) is 0 Å². The van der Waals surface area contributed by atoms with Gasteiger partial charge in [0.1, 0.15) is 47.8 Å². The molecule has 0 fully saturated rings. The molecule has 0 heterocycles. The van der Waals surface area contributed by atoms with Crippen molar-refractivity contribution in [3.8, 4) is 0 Å². The molecule has 0 bridgehead atoms. The summed E-state index contributed by atoms with van der Waals surface area (Å²) in [6.07, 6.45) is -37.1. The minimum Gasteiger partial charge on any atom is -0.542 e. The molecular weight excluding hydrogens is 1600 g/mol. The van der Waals surface area contributed by atoms with E-state index in [-0.39, 0.29) is 77.9 Å². The molecule has 3 aromatic rings. The Morgan fingerprint density at radius 2 is 0.310 bits per heavy atom. The van der Waals surface area contributed by atoms with Gasteiger partial charge in [0.2, 0.25) is 0 Å². The van der Waals surface area contributed by atoms with Crippen LogP contribution in [0.5, 0.6) is 0 Å². The molecule has 0 saturated heterocycles. The van der Waals surface area contributed by atoms with Crippen molar-refractivity contribution in [2.24, 2.45) is 0 Å². The van der Waals surface area contributed by atoms with Crippen molar-refractivity contribution in [2.75, 3.05) is 0 Å². The Balaban J connectivity index is -0.0000000977. The number of rotatable bonds is 6. The normalized spacial score (nSPS) is 10.6. The van der Waals surface area contributed by atoms with E-state index >= 15 is 0 Å². The third kappa shape index (κ3) is 63.8. The predicted molar refractivity (Wildman–Crippen MR) is 192 cm³/mol. The van der Waals surface area contributed by atoms with Crippen LogP contribution < -0.4 is 40.9 Å². The Bertz CT molecular complexity index is 2010. The van der Waals surface area contributed by atoms with Gasteiger partial charge >= 0.3 is 127 Å². The van der Waals surface area contributed by atoms with Gasteiger partial charge in [-0.05, 0) is 61.8 Å². The molecule has 16 nitrogen and oxygen atoms in total. The van der Waals surface area contributed by atoms with Crippen LogP contribution in [0.2, 0.25) is 0 Å². The maximum absolute atomic E-state index is 10.5. The van der Waals surface area contributed by atoms with Crippen LogP contribution in [0, 0.1) is 13.8 Å². The standard InChI is InChI=1S/C24H26.8C2HF3O2.4Rh/c1-19-3-7-21(8-4-19)11-13-23-15-17-24(18-16-23)14-12-22-9-5-20(2)6-10-22;8*3-2(4,5)1(6)7;;;;/h3-10,15-18H,11-14H2,1-2H3;8*(H,6,7);;;;/q;;;;;;;;;4*+2/p-8. The van der Waals surface area contributed by atoms with E-state index in [0.29, 0.717) is 0 Å². The van der Waals surface area contributed by atoms with Crippen LogP contribution in [0.15, 0.2) is 72.8 Å². The second-order valence-electron chi connectivity index (χ2n) is 13.1.